The van der Waals surface area contributed by atoms with Gasteiger partial charge in [0.2, 0.25) is 0 Å². The smallest absolute Gasteiger partial charge is 0.180 e. The molecule has 1 aliphatic carbocycles. The standard InChI is InChI=1S/C47H66N2O2/c1-11-15-17-19-29-50-45-27-23-37(33-43(45)48(7,8)13-3)47(41-31-35(5)21-25-39(41)40-26-22-36(6)32-42(40)47)38-24-28-46(51-30-20-18-16-12-2)44(34-38)49(9,10)14-4/h21-28,31-34H,11-20,29-30H2,1-10H3/q+2. The Balaban J connectivity index is 1.79. The van der Waals surface area contributed by atoms with Crippen molar-refractivity contribution in [3.63, 3.8) is 0 Å². The Bertz CT molecular complexity index is 1650. The lowest BCUT2D eigenvalue weighted by Crippen LogP contribution is -2.41. The molecule has 274 valence electrons. The highest BCUT2D eigenvalue weighted by molar-refractivity contribution is 5.87. The van der Waals surface area contributed by atoms with Crippen LogP contribution >= 0.6 is 0 Å². The molecule has 4 nitrogen and oxygen atoms in total. The minimum absolute atomic E-state index is 0.521. The number of benzene rings is 4. The summed E-state index contributed by atoms with van der Waals surface area (Å²) < 4.78 is 14.7. The molecule has 4 aromatic rings. The Morgan fingerprint density at radius 2 is 0.902 bits per heavy atom. The van der Waals surface area contributed by atoms with Crippen LogP contribution in [0.5, 0.6) is 11.5 Å². The van der Waals surface area contributed by atoms with Crippen molar-refractivity contribution >= 4 is 11.4 Å². The summed E-state index contributed by atoms with van der Waals surface area (Å²) in [6, 6.07) is 28.4. The number of fused-ring (bicyclic) bond motifs is 3. The van der Waals surface area contributed by atoms with Gasteiger partial charge in [-0.2, -0.15) is 0 Å². The fraction of sp³-hybridized carbons (Fsp3) is 0.489. The molecular formula is C47H66N2O2+2. The van der Waals surface area contributed by atoms with Crippen LogP contribution in [0.4, 0.5) is 11.4 Å². The van der Waals surface area contributed by atoms with E-state index < -0.39 is 5.41 Å². The van der Waals surface area contributed by atoms with Crippen LogP contribution in [-0.2, 0) is 5.41 Å². The summed E-state index contributed by atoms with van der Waals surface area (Å²) in [4.78, 5) is 0. The Kier molecular flexibility index (Phi) is 12.4. The maximum Gasteiger partial charge on any atom is 0.180 e. The van der Waals surface area contributed by atoms with Crippen molar-refractivity contribution in [2.24, 2.45) is 0 Å². The largest absolute Gasteiger partial charge is 0.487 e. The van der Waals surface area contributed by atoms with Crippen LogP contribution in [0.2, 0.25) is 0 Å². The fourth-order valence-corrected chi connectivity index (χ4v) is 7.79. The minimum atomic E-state index is -0.521. The third-order valence-electron chi connectivity index (χ3n) is 11.6. The third-order valence-corrected chi connectivity index (χ3v) is 11.6. The van der Waals surface area contributed by atoms with E-state index in [2.05, 4.69) is 143 Å². The molecule has 5 rings (SSSR count). The second kappa shape index (κ2) is 16.4. The molecule has 0 spiro atoms. The van der Waals surface area contributed by atoms with Crippen LogP contribution in [-0.4, -0.2) is 54.5 Å². The number of hydrogen-bond acceptors (Lipinski definition) is 2. The molecule has 0 unspecified atom stereocenters. The molecule has 0 atom stereocenters. The molecule has 0 bridgehead atoms. The molecule has 0 aliphatic heterocycles. The first-order chi connectivity index (χ1) is 24.4. The Hall–Kier alpha value is -3.60. The van der Waals surface area contributed by atoms with Gasteiger partial charge in [-0.15, -0.1) is 0 Å². The van der Waals surface area contributed by atoms with Gasteiger partial charge < -0.3 is 9.47 Å². The molecule has 0 saturated carbocycles. The number of quaternary nitrogens is 2. The molecule has 0 fully saturated rings. The van der Waals surface area contributed by atoms with Crippen LogP contribution in [0.15, 0.2) is 72.8 Å². The first-order valence-corrected chi connectivity index (χ1v) is 19.9. The number of rotatable bonds is 18. The highest BCUT2D eigenvalue weighted by Gasteiger charge is 2.48. The molecule has 0 heterocycles. The van der Waals surface area contributed by atoms with Gasteiger partial charge in [-0.05, 0) is 86.1 Å². The number of nitrogens with zero attached hydrogens (tertiary/aromatic N) is 2. The number of ether oxygens (including phenoxy) is 2. The number of aryl methyl sites for hydroxylation is 2. The van der Waals surface area contributed by atoms with E-state index in [1.54, 1.807) is 0 Å². The maximum atomic E-state index is 6.63. The number of unbranched alkanes of at least 4 members (excludes halogenated alkanes) is 6. The second-order valence-electron chi connectivity index (χ2n) is 16.0. The summed E-state index contributed by atoms with van der Waals surface area (Å²) in [6.07, 6.45) is 9.54. The van der Waals surface area contributed by atoms with E-state index in [-0.39, 0.29) is 0 Å². The van der Waals surface area contributed by atoms with Crippen molar-refractivity contribution in [3.8, 4) is 22.6 Å². The van der Waals surface area contributed by atoms with Crippen LogP contribution in [0, 0.1) is 13.8 Å². The van der Waals surface area contributed by atoms with E-state index in [0.717, 1.165) is 59.6 Å². The van der Waals surface area contributed by atoms with Crippen LogP contribution < -0.4 is 18.4 Å². The fourth-order valence-electron chi connectivity index (χ4n) is 7.79. The lowest BCUT2D eigenvalue weighted by Gasteiger charge is -2.37. The normalized spacial score (nSPS) is 13.6. The minimum Gasteiger partial charge on any atom is -0.487 e. The van der Waals surface area contributed by atoms with E-state index in [0.29, 0.717) is 0 Å². The maximum absolute atomic E-state index is 6.63. The van der Waals surface area contributed by atoms with Gasteiger partial charge in [0.25, 0.3) is 0 Å². The Morgan fingerprint density at radius 1 is 0.490 bits per heavy atom. The molecule has 0 radical (unpaired) electrons. The predicted molar refractivity (Wildman–Crippen MR) is 221 cm³/mol. The number of hydrogen-bond donors (Lipinski definition) is 0. The van der Waals surface area contributed by atoms with Crippen LogP contribution in [0.3, 0.4) is 0 Å². The first kappa shape index (κ1) is 38.6. The van der Waals surface area contributed by atoms with Gasteiger partial charge in [-0.3, -0.25) is 8.97 Å². The molecule has 1 aliphatic rings. The molecule has 0 aromatic heterocycles. The monoisotopic (exact) mass is 691 g/mol. The summed E-state index contributed by atoms with van der Waals surface area (Å²) in [5, 5.41) is 0. The second-order valence-corrected chi connectivity index (χ2v) is 16.0. The van der Waals surface area contributed by atoms with E-state index in [1.807, 2.05) is 0 Å². The van der Waals surface area contributed by atoms with Gasteiger partial charge in [-0.1, -0.05) is 112 Å². The Morgan fingerprint density at radius 3 is 1.27 bits per heavy atom. The zero-order chi connectivity index (χ0) is 36.8. The van der Waals surface area contributed by atoms with E-state index >= 15 is 0 Å². The van der Waals surface area contributed by atoms with Gasteiger partial charge in [-0.25, -0.2) is 0 Å². The van der Waals surface area contributed by atoms with E-state index in [1.165, 1.54) is 94.4 Å². The van der Waals surface area contributed by atoms with Gasteiger partial charge in [0.1, 0.15) is 0 Å². The molecule has 0 saturated heterocycles. The molecule has 4 heteroatoms. The lowest BCUT2D eigenvalue weighted by atomic mass is 9.67. The van der Waals surface area contributed by atoms with Crippen molar-refractivity contribution in [1.29, 1.82) is 0 Å². The first-order valence-electron chi connectivity index (χ1n) is 19.9. The average molecular weight is 691 g/mol. The SMILES string of the molecule is CCCCCCOc1ccc(C2(c3ccc(OCCCCCC)c([N+](C)(C)CC)c3)c3cc(C)ccc3-c3ccc(C)cc32)cc1[N+](C)(C)CC. The van der Waals surface area contributed by atoms with Crippen molar-refractivity contribution in [1.82, 2.24) is 8.97 Å². The lowest BCUT2D eigenvalue weighted by molar-refractivity contribution is 0.293. The summed E-state index contributed by atoms with van der Waals surface area (Å²) in [5.41, 5.74) is 12.4. The molecule has 0 amide bonds. The molecule has 51 heavy (non-hydrogen) atoms. The summed E-state index contributed by atoms with van der Waals surface area (Å²) >= 11 is 0. The predicted octanol–water partition coefficient (Wildman–Crippen LogP) is 11.8. The van der Waals surface area contributed by atoms with Gasteiger partial charge in [0.05, 0.1) is 59.9 Å². The molecule has 0 N–H and O–H groups in total. The van der Waals surface area contributed by atoms with Gasteiger partial charge in [0, 0.05) is 12.1 Å². The highest BCUT2D eigenvalue weighted by atomic mass is 16.5. The average Bonchev–Trinajstić information content (AvgIpc) is 3.40. The quantitative estimate of drug-likeness (QED) is 0.0673. The van der Waals surface area contributed by atoms with Gasteiger partial charge >= 0.3 is 0 Å². The van der Waals surface area contributed by atoms with E-state index in [4.69, 9.17) is 9.47 Å². The third kappa shape index (κ3) is 7.78. The zero-order valence-corrected chi connectivity index (χ0v) is 33.6. The summed E-state index contributed by atoms with van der Waals surface area (Å²) in [5.74, 6) is 2.00. The Labute approximate surface area is 310 Å². The molecular weight excluding hydrogens is 625 g/mol. The summed E-state index contributed by atoms with van der Waals surface area (Å²) in [7, 11) is 9.25. The van der Waals surface area contributed by atoms with Crippen LogP contribution in [0.25, 0.3) is 11.1 Å². The zero-order valence-electron chi connectivity index (χ0n) is 33.6. The van der Waals surface area contributed by atoms with Crippen LogP contribution in [0.1, 0.15) is 112 Å². The summed E-state index contributed by atoms with van der Waals surface area (Å²) in [6.45, 7) is 17.0. The van der Waals surface area contributed by atoms with Crippen molar-refractivity contribution in [2.75, 3.05) is 54.5 Å². The van der Waals surface area contributed by atoms with Crippen molar-refractivity contribution < 1.29 is 9.47 Å². The molecule has 4 aromatic carbocycles. The van der Waals surface area contributed by atoms with Crippen molar-refractivity contribution in [3.05, 3.63) is 106 Å². The highest BCUT2D eigenvalue weighted by Crippen LogP contribution is 2.58. The topological polar surface area (TPSA) is 18.5 Å². The van der Waals surface area contributed by atoms with E-state index in [9.17, 15) is 0 Å². The van der Waals surface area contributed by atoms with Gasteiger partial charge in [0.15, 0.2) is 22.9 Å². The van der Waals surface area contributed by atoms with Crippen molar-refractivity contribution in [2.45, 2.75) is 98.3 Å².